The maximum Gasteiger partial charge on any atom is 0.306 e. The van der Waals surface area contributed by atoms with Gasteiger partial charge in [-0.2, -0.15) is 5.10 Å². The molecule has 1 aromatic rings. The van der Waals surface area contributed by atoms with Crippen LogP contribution in [0.1, 0.15) is 0 Å². The summed E-state index contributed by atoms with van der Waals surface area (Å²) in [5.41, 5.74) is -0.0454. The van der Waals surface area contributed by atoms with Gasteiger partial charge in [-0.15, -0.1) is 0 Å². The molecule has 0 aliphatic carbocycles. The molecular formula is C7H11N3O4. The van der Waals surface area contributed by atoms with E-state index in [2.05, 4.69) is 5.10 Å². The first-order valence-electron chi connectivity index (χ1n) is 3.89. The normalized spacial score (nSPS) is 10.8. The second kappa shape index (κ2) is 4.68. The summed E-state index contributed by atoms with van der Waals surface area (Å²) < 4.78 is 11.2. The van der Waals surface area contributed by atoms with Crippen LogP contribution in [0.2, 0.25) is 0 Å². The van der Waals surface area contributed by atoms with Gasteiger partial charge in [0.15, 0.2) is 6.29 Å². The van der Waals surface area contributed by atoms with Gasteiger partial charge in [-0.3, -0.25) is 14.8 Å². The average Bonchev–Trinajstić information content (AvgIpc) is 2.62. The van der Waals surface area contributed by atoms with Crippen molar-refractivity contribution < 1.29 is 14.4 Å². The Bertz CT molecular complexity index is 308. The van der Waals surface area contributed by atoms with Crippen molar-refractivity contribution in [1.82, 2.24) is 9.78 Å². The van der Waals surface area contributed by atoms with Crippen LogP contribution < -0.4 is 0 Å². The van der Waals surface area contributed by atoms with Crippen LogP contribution in [0.5, 0.6) is 0 Å². The Morgan fingerprint density at radius 1 is 1.64 bits per heavy atom. The summed E-state index contributed by atoms with van der Waals surface area (Å²) in [7, 11) is 2.98. The van der Waals surface area contributed by atoms with Crippen LogP contribution in [0.15, 0.2) is 12.4 Å². The van der Waals surface area contributed by atoms with Gasteiger partial charge in [0.25, 0.3) is 0 Å². The van der Waals surface area contributed by atoms with Gasteiger partial charge in [-0.1, -0.05) is 0 Å². The van der Waals surface area contributed by atoms with Crippen LogP contribution in [0.25, 0.3) is 0 Å². The molecule has 1 rings (SSSR count). The highest BCUT2D eigenvalue weighted by molar-refractivity contribution is 5.20. The zero-order valence-electron chi connectivity index (χ0n) is 7.91. The molecule has 0 radical (unpaired) electrons. The lowest BCUT2D eigenvalue weighted by Crippen LogP contribution is -2.20. The molecule has 14 heavy (non-hydrogen) atoms. The first kappa shape index (κ1) is 10.6. The van der Waals surface area contributed by atoms with Crippen LogP contribution in [0.3, 0.4) is 0 Å². The molecule has 1 aromatic heterocycles. The molecule has 7 nitrogen and oxygen atoms in total. The summed E-state index contributed by atoms with van der Waals surface area (Å²) in [6.07, 6.45) is 2.06. The summed E-state index contributed by atoms with van der Waals surface area (Å²) in [4.78, 5) is 9.83. The first-order chi connectivity index (χ1) is 6.67. The predicted octanol–water partition coefficient (Wildman–Crippen LogP) is 0.410. The van der Waals surface area contributed by atoms with Crippen molar-refractivity contribution in [3.63, 3.8) is 0 Å². The van der Waals surface area contributed by atoms with Crippen molar-refractivity contribution in [3.05, 3.63) is 22.5 Å². The van der Waals surface area contributed by atoms with E-state index in [1.165, 1.54) is 31.3 Å². The van der Waals surface area contributed by atoms with Gasteiger partial charge in [0.1, 0.15) is 12.4 Å². The van der Waals surface area contributed by atoms with Gasteiger partial charge >= 0.3 is 5.69 Å². The molecular weight excluding hydrogens is 190 g/mol. The second-order valence-corrected chi connectivity index (χ2v) is 2.58. The van der Waals surface area contributed by atoms with Crippen molar-refractivity contribution in [2.75, 3.05) is 14.2 Å². The van der Waals surface area contributed by atoms with Crippen molar-refractivity contribution in [2.45, 2.75) is 12.8 Å². The maximum atomic E-state index is 10.3. The van der Waals surface area contributed by atoms with Crippen molar-refractivity contribution in [1.29, 1.82) is 0 Å². The quantitative estimate of drug-likeness (QED) is 0.391. The molecule has 0 fully saturated rings. The van der Waals surface area contributed by atoms with E-state index < -0.39 is 11.2 Å². The highest BCUT2D eigenvalue weighted by Crippen LogP contribution is 2.08. The van der Waals surface area contributed by atoms with E-state index in [-0.39, 0.29) is 5.69 Å². The van der Waals surface area contributed by atoms with Gasteiger partial charge in [-0.25, -0.2) is 0 Å². The number of hydrogen-bond donors (Lipinski definition) is 0. The molecule has 0 saturated heterocycles. The Morgan fingerprint density at radius 2 is 2.29 bits per heavy atom. The monoisotopic (exact) mass is 201 g/mol. The summed E-state index contributed by atoms with van der Waals surface area (Å²) in [6, 6.07) is 0. The molecule has 0 amide bonds. The largest absolute Gasteiger partial charge is 0.354 e. The molecule has 1 heterocycles. The molecule has 0 atom stereocenters. The molecule has 0 bridgehead atoms. The summed E-state index contributed by atoms with van der Waals surface area (Å²) in [5.74, 6) is 0. The van der Waals surface area contributed by atoms with E-state index in [9.17, 15) is 10.1 Å². The van der Waals surface area contributed by atoms with Crippen molar-refractivity contribution in [3.8, 4) is 0 Å². The Hall–Kier alpha value is -1.47. The average molecular weight is 201 g/mol. The number of ether oxygens (including phenoxy) is 2. The molecule has 0 saturated carbocycles. The van der Waals surface area contributed by atoms with E-state index >= 15 is 0 Å². The molecule has 0 aromatic carbocycles. The molecule has 0 N–H and O–H groups in total. The topological polar surface area (TPSA) is 79.4 Å². The SMILES string of the molecule is COC(Cn1cc([N+](=O)[O-])cn1)OC. The molecule has 0 aliphatic rings. The Balaban J connectivity index is 2.63. The van der Waals surface area contributed by atoms with E-state index in [1.54, 1.807) is 0 Å². The zero-order valence-corrected chi connectivity index (χ0v) is 7.91. The lowest BCUT2D eigenvalue weighted by atomic mass is 10.6. The van der Waals surface area contributed by atoms with E-state index in [0.717, 1.165) is 0 Å². The third-order valence-corrected chi connectivity index (χ3v) is 1.69. The minimum atomic E-state index is -0.502. The highest BCUT2D eigenvalue weighted by Gasteiger charge is 2.12. The van der Waals surface area contributed by atoms with Gasteiger partial charge < -0.3 is 9.47 Å². The minimum Gasteiger partial charge on any atom is -0.354 e. The van der Waals surface area contributed by atoms with Gasteiger partial charge in [-0.05, 0) is 0 Å². The molecule has 7 heteroatoms. The Labute approximate surface area is 80.4 Å². The van der Waals surface area contributed by atoms with Crippen molar-refractivity contribution >= 4 is 5.69 Å². The molecule has 78 valence electrons. The molecule has 0 aliphatic heterocycles. The summed E-state index contributed by atoms with van der Waals surface area (Å²) in [5, 5.41) is 14.1. The van der Waals surface area contributed by atoms with Crippen LogP contribution in [-0.2, 0) is 16.0 Å². The van der Waals surface area contributed by atoms with Crippen LogP contribution in [0.4, 0.5) is 5.69 Å². The first-order valence-corrected chi connectivity index (χ1v) is 3.89. The van der Waals surface area contributed by atoms with Crippen LogP contribution >= 0.6 is 0 Å². The Kier molecular flexibility index (Phi) is 3.55. The third kappa shape index (κ3) is 2.51. The minimum absolute atomic E-state index is 0.0454. The van der Waals surface area contributed by atoms with Crippen LogP contribution in [-0.4, -0.2) is 35.2 Å². The fourth-order valence-electron chi connectivity index (χ4n) is 0.945. The van der Waals surface area contributed by atoms with Gasteiger partial charge in [0.2, 0.25) is 0 Å². The summed E-state index contributed by atoms with van der Waals surface area (Å²) in [6.45, 7) is 0.320. The predicted molar refractivity (Wildman–Crippen MR) is 46.7 cm³/mol. The number of methoxy groups -OCH3 is 2. The number of nitrogens with zero attached hydrogens (tertiary/aromatic N) is 3. The third-order valence-electron chi connectivity index (χ3n) is 1.69. The molecule has 0 spiro atoms. The Morgan fingerprint density at radius 3 is 2.71 bits per heavy atom. The van der Waals surface area contributed by atoms with Crippen LogP contribution in [0, 0.1) is 10.1 Å². The van der Waals surface area contributed by atoms with E-state index in [0.29, 0.717) is 6.54 Å². The number of aromatic nitrogens is 2. The number of nitro groups is 1. The van der Waals surface area contributed by atoms with E-state index in [4.69, 9.17) is 9.47 Å². The standard InChI is InChI=1S/C7H11N3O4/c1-13-7(14-2)5-9-4-6(3-8-9)10(11)12/h3-4,7H,5H2,1-2H3. The van der Waals surface area contributed by atoms with E-state index in [1.807, 2.05) is 0 Å². The highest BCUT2D eigenvalue weighted by atomic mass is 16.7. The summed E-state index contributed by atoms with van der Waals surface area (Å²) >= 11 is 0. The van der Waals surface area contributed by atoms with Gasteiger partial charge in [0.05, 0.1) is 11.5 Å². The fraction of sp³-hybridized carbons (Fsp3) is 0.571. The maximum absolute atomic E-state index is 10.3. The van der Waals surface area contributed by atoms with Crippen molar-refractivity contribution in [2.24, 2.45) is 0 Å². The zero-order chi connectivity index (χ0) is 10.6. The fourth-order valence-corrected chi connectivity index (χ4v) is 0.945. The smallest absolute Gasteiger partial charge is 0.306 e. The number of hydrogen-bond acceptors (Lipinski definition) is 5. The molecule has 0 unspecified atom stereocenters. The second-order valence-electron chi connectivity index (χ2n) is 2.58. The van der Waals surface area contributed by atoms with Gasteiger partial charge in [0, 0.05) is 14.2 Å². The number of rotatable bonds is 5. The lowest BCUT2D eigenvalue weighted by molar-refractivity contribution is -0.385. The lowest BCUT2D eigenvalue weighted by Gasteiger charge is -2.12.